The highest BCUT2D eigenvalue weighted by Gasteiger charge is 2.23. The Labute approximate surface area is 304 Å². The van der Waals surface area contributed by atoms with Crippen LogP contribution in [0.2, 0.25) is 0 Å². The lowest BCUT2D eigenvalue weighted by Crippen LogP contribution is -2.43. The number of rotatable bonds is 20. The number of unbranched alkanes of at least 4 members (excludes halogenated alkanes) is 6. The first-order chi connectivity index (χ1) is 23.6. The molecule has 0 spiro atoms. The van der Waals surface area contributed by atoms with E-state index in [1.54, 1.807) is 41.5 Å². The SMILES string of the molecule is CC(CCNCCCCNC(=O)CC(=O)NCCCCCCCCN(F)C(=NC(=O)OC(C)(C)C)NC(=O)OC(C)(C)C)NC(=O)OC(C)(C)C. The number of hydrogen-bond acceptors (Lipinski definition) is 9. The molecule has 0 fully saturated rings. The Kier molecular flexibility index (Phi) is 22.7. The Morgan fingerprint density at radius 1 is 0.647 bits per heavy atom. The zero-order chi connectivity index (χ0) is 39.1. The Bertz CT molecular complexity index is 1100. The fourth-order valence-electron chi connectivity index (χ4n) is 4.22. The largest absolute Gasteiger partial charge is 0.444 e. The molecule has 0 aromatic heterocycles. The standard InChI is InChI=1S/C35H66FN7O8/c1-26(40-30(46)49-33(2,3)4)19-23-37-20-16-17-22-39-28(45)25-27(44)38-21-15-13-11-12-14-18-24-43(36)29(41-31(47)50-34(5,6)7)42-32(48)51-35(8,9)10/h26,37H,11-25H2,1-10H3,(H,38,44)(H,39,45)(H,40,46)(H,41,42,47,48). The van der Waals surface area contributed by atoms with Gasteiger partial charge in [-0.3, -0.25) is 14.9 Å². The predicted octanol–water partition coefficient (Wildman–Crippen LogP) is 5.62. The van der Waals surface area contributed by atoms with E-state index in [1.807, 2.05) is 27.7 Å². The fraction of sp³-hybridized carbons (Fsp3) is 0.829. The molecule has 5 amide bonds. The summed E-state index contributed by atoms with van der Waals surface area (Å²) >= 11 is 0. The molecule has 0 bridgehead atoms. The van der Waals surface area contributed by atoms with Crippen molar-refractivity contribution in [1.29, 1.82) is 0 Å². The molecular weight excluding hydrogens is 665 g/mol. The highest BCUT2D eigenvalue weighted by molar-refractivity contribution is 5.98. The van der Waals surface area contributed by atoms with Crippen LogP contribution in [0.3, 0.4) is 0 Å². The molecule has 0 aromatic rings. The molecule has 0 rings (SSSR count). The van der Waals surface area contributed by atoms with Gasteiger partial charge in [-0.1, -0.05) is 30.2 Å². The Balaban J connectivity index is 4.06. The van der Waals surface area contributed by atoms with E-state index in [1.165, 1.54) is 0 Å². The van der Waals surface area contributed by atoms with Gasteiger partial charge in [0.05, 0.1) is 6.54 Å². The number of carbonyl (C=O) groups is 5. The van der Waals surface area contributed by atoms with E-state index in [0.29, 0.717) is 25.9 Å². The zero-order valence-electron chi connectivity index (χ0n) is 32.7. The second kappa shape index (κ2) is 24.5. The molecule has 1 unspecified atom stereocenters. The Morgan fingerprint density at radius 2 is 1.12 bits per heavy atom. The molecule has 5 N–H and O–H groups in total. The average molecular weight is 732 g/mol. The number of hydrogen-bond donors (Lipinski definition) is 5. The van der Waals surface area contributed by atoms with Crippen molar-refractivity contribution in [3.8, 4) is 0 Å². The van der Waals surface area contributed by atoms with Gasteiger partial charge in [-0.25, -0.2) is 14.4 Å². The lowest BCUT2D eigenvalue weighted by Gasteiger charge is -2.22. The van der Waals surface area contributed by atoms with Crippen LogP contribution in [0.4, 0.5) is 18.9 Å². The fourth-order valence-corrected chi connectivity index (χ4v) is 4.22. The molecule has 0 aliphatic heterocycles. The minimum Gasteiger partial charge on any atom is -0.444 e. The quantitative estimate of drug-likeness (QED) is 0.0262. The molecular formula is C35H66FN7O8. The van der Waals surface area contributed by atoms with Crippen molar-refractivity contribution in [3.05, 3.63) is 0 Å². The van der Waals surface area contributed by atoms with Gasteiger partial charge in [0.25, 0.3) is 0 Å². The van der Waals surface area contributed by atoms with Crippen molar-refractivity contribution in [2.75, 3.05) is 32.7 Å². The molecule has 0 saturated carbocycles. The Morgan fingerprint density at radius 3 is 1.67 bits per heavy atom. The van der Waals surface area contributed by atoms with E-state index >= 15 is 0 Å². The van der Waals surface area contributed by atoms with Gasteiger partial charge in [-0.05, 0) is 114 Å². The summed E-state index contributed by atoms with van der Waals surface area (Å²) in [5.41, 5.74) is -2.20. The van der Waals surface area contributed by atoms with Gasteiger partial charge < -0.3 is 35.5 Å². The second-order valence-corrected chi connectivity index (χ2v) is 15.4. The summed E-state index contributed by atoms with van der Waals surface area (Å²) in [7, 11) is 0. The van der Waals surface area contributed by atoms with Crippen LogP contribution in [-0.2, 0) is 23.8 Å². The summed E-state index contributed by atoms with van der Waals surface area (Å²) in [6.45, 7) is 19.7. The van der Waals surface area contributed by atoms with Crippen LogP contribution in [0.5, 0.6) is 0 Å². The summed E-state index contributed by atoms with van der Waals surface area (Å²) in [6.07, 6.45) is 4.19. The van der Waals surface area contributed by atoms with Crippen LogP contribution in [-0.4, -0.2) is 96.7 Å². The lowest BCUT2D eigenvalue weighted by atomic mass is 10.1. The number of aliphatic imine (C=N–C) groups is 1. The topological polar surface area (TPSA) is 189 Å². The van der Waals surface area contributed by atoms with Gasteiger partial charge in [-0.15, -0.1) is 4.99 Å². The highest BCUT2D eigenvalue weighted by Crippen LogP contribution is 2.11. The lowest BCUT2D eigenvalue weighted by molar-refractivity contribution is -0.129. The molecule has 296 valence electrons. The molecule has 0 aliphatic carbocycles. The average Bonchev–Trinajstić information content (AvgIpc) is 2.94. The molecule has 0 aromatic carbocycles. The summed E-state index contributed by atoms with van der Waals surface area (Å²) in [5, 5.41) is 14.0. The summed E-state index contributed by atoms with van der Waals surface area (Å²) in [4.78, 5) is 63.8. The van der Waals surface area contributed by atoms with Gasteiger partial charge in [0, 0.05) is 19.1 Å². The number of halogens is 1. The van der Waals surface area contributed by atoms with Crippen LogP contribution in [0.25, 0.3) is 0 Å². The monoisotopic (exact) mass is 731 g/mol. The van der Waals surface area contributed by atoms with Crippen molar-refractivity contribution in [2.45, 2.75) is 156 Å². The van der Waals surface area contributed by atoms with Crippen LogP contribution in [0, 0.1) is 0 Å². The van der Waals surface area contributed by atoms with E-state index in [4.69, 9.17) is 14.2 Å². The number of ether oxygens (including phenoxy) is 3. The molecule has 16 heteroatoms. The van der Waals surface area contributed by atoms with Crippen LogP contribution in [0.15, 0.2) is 4.99 Å². The first-order valence-electron chi connectivity index (χ1n) is 18.0. The van der Waals surface area contributed by atoms with Crippen molar-refractivity contribution in [3.63, 3.8) is 0 Å². The molecule has 1 atom stereocenters. The number of amides is 5. The third-order valence-electron chi connectivity index (χ3n) is 6.48. The van der Waals surface area contributed by atoms with Gasteiger partial charge in [0.15, 0.2) is 0 Å². The van der Waals surface area contributed by atoms with Gasteiger partial charge in [0.2, 0.25) is 17.8 Å². The molecule has 15 nitrogen and oxygen atoms in total. The van der Waals surface area contributed by atoms with Crippen LogP contribution < -0.4 is 26.6 Å². The number of guanidine groups is 1. The second-order valence-electron chi connectivity index (χ2n) is 15.4. The van der Waals surface area contributed by atoms with Crippen molar-refractivity contribution < 1.29 is 42.7 Å². The van der Waals surface area contributed by atoms with Gasteiger partial charge in [-0.2, -0.15) is 5.12 Å². The van der Waals surface area contributed by atoms with E-state index in [-0.39, 0.29) is 35.9 Å². The van der Waals surface area contributed by atoms with E-state index in [0.717, 1.165) is 58.0 Å². The smallest absolute Gasteiger partial charge is 0.437 e. The Hall–Kier alpha value is -3.69. The minimum atomic E-state index is -1.04. The zero-order valence-corrected chi connectivity index (χ0v) is 32.7. The third kappa shape index (κ3) is 30.8. The summed E-state index contributed by atoms with van der Waals surface area (Å²) in [6, 6.07) is -0.0162. The molecule has 0 saturated heterocycles. The van der Waals surface area contributed by atoms with E-state index in [9.17, 15) is 28.5 Å². The first kappa shape index (κ1) is 47.3. The van der Waals surface area contributed by atoms with Crippen LogP contribution >= 0.6 is 0 Å². The maximum Gasteiger partial charge on any atom is 0.437 e. The predicted molar refractivity (Wildman–Crippen MR) is 195 cm³/mol. The number of carbonyl (C=O) groups excluding carboxylic acids is 5. The highest BCUT2D eigenvalue weighted by atomic mass is 19.2. The number of alkyl carbamates (subject to hydrolysis) is 2. The minimum absolute atomic E-state index is 0.0162. The molecule has 0 aliphatic rings. The first-order valence-corrected chi connectivity index (χ1v) is 18.0. The molecule has 0 radical (unpaired) electrons. The number of nitrogens with one attached hydrogen (secondary N) is 5. The maximum absolute atomic E-state index is 14.9. The third-order valence-corrected chi connectivity index (χ3v) is 6.48. The molecule has 51 heavy (non-hydrogen) atoms. The molecule has 0 heterocycles. The van der Waals surface area contributed by atoms with E-state index < -0.39 is 41.0 Å². The van der Waals surface area contributed by atoms with Gasteiger partial charge >= 0.3 is 18.3 Å². The maximum atomic E-state index is 14.9. The normalized spacial score (nSPS) is 12.7. The summed E-state index contributed by atoms with van der Waals surface area (Å²) < 4.78 is 30.4. The van der Waals surface area contributed by atoms with Crippen LogP contribution in [0.1, 0.15) is 133 Å². The van der Waals surface area contributed by atoms with Crippen molar-refractivity contribution >= 4 is 36.1 Å². The van der Waals surface area contributed by atoms with Crippen molar-refractivity contribution in [2.24, 2.45) is 4.99 Å². The van der Waals surface area contributed by atoms with E-state index in [2.05, 4.69) is 31.6 Å². The van der Waals surface area contributed by atoms with Gasteiger partial charge in [0.1, 0.15) is 23.2 Å². The summed E-state index contributed by atoms with van der Waals surface area (Å²) in [5.74, 6) is -1.25. The van der Waals surface area contributed by atoms with Crippen molar-refractivity contribution in [1.82, 2.24) is 31.7 Å². The number of nitrogens with zero attached hydrogens (tertiary/aromatic N) is 2.